The molecule has 0 atom stereocenters. The van der Waals surface area contributed by atoms with Gasteiger partial charge in [-0.15, -0.1) is 0 Å². The van der Waals surface area contributed by atoms with Crippen LogP contribution in [0.15, 0.2) is 53.0 Å². The molecule has 2 rings (SSSR count). The average molecular weight is 290 g/mol. The summed E-state index contributed by atoms with van der Waals surface area (Å²) in [5.74, 6) is -0.0822. The Morgan fingerprint density at radius 1 is 1.12 bits per heavy atom. The predicted octanol–water partition coefficient (Wildman–Crippen LogP) is 4.01. The molecule has 0 saturated heterocycles. The van der Waals surface area contributed by atoms with E-state index in [4.69, 9.17) is 0 Å². The van der Waals surface area contributed by atoms with E-state index in [0.29, 0.717) is 5.56 Å². The zero-order valence-electron chi connectivity index (χ0n) is 9.41. The fourth-order valence-corrected chi connectivity index (χ4v) is 2.08. The molecule has 0 aromatic heterocycles. The topological polar surface area (TPSA) is 29.1 Å². The number of anilines is 1. The number of rotatable bonds is 2. The first-order valence-electron chi connectivity index (χ1n) is 5.29. The molecular formula is C14H12BrNO. The fraction of sp³-hybridized carbons (Fsp3) is 0.0714. The number of hydrogen-bond acceptors (Lipinski definition) is 1. The van der Waals surface area contributed by atoms with Gasteiger partial charge >= 0.3 is 0 Å². The zero-order valence-corrected chi connectivity index (χ0v) is 11.0. The molecule has 17 heavy (non-hydrogen) atoms. The summed E-state index contributed by atoms with van der Waals surface area (Å²) in [6.07, 6.45) is 0. The van der Waals surface area contributed by atoms with Gasteiger partial charge in [0.1, 0.15) is 0 Å². The molecule has 2 nitrogen and oxygen atoms in total. The second-order valence-corrected chi connectivity index (χ2v) is 4.70. The molecule has 1 amide bonds. The van der Waals surface area contributed by atoms with Crippen LogP contribution in [0, 0.1) is 6.92 Å². The molecule has 0 spiro atoms. The lowest BCUT2D eigenvalue weighted by atomic mass is 10.1. The molecule has 0 saturated carbocycles. The molecule has 0 fully saturated rings. The number of para-hydroxylation sites is 1. The summed E-state index contributed by atoms with van der Waals surface area (Å²) in [4.78, 5) is 12.0. The number of halogens is 1. The molecule has 1 N–H and O–H groups in total. The fourth-order valence-electron chi connectivity index (χ4n) is 1.60. The van der Waals surface area contributed by atoms with Gasteiger partial charge in [-0.25, -0.2) is 0 Å². The van der Waals surface area contributed by atoms with Crippen LogP contribution < -0.4 is 5.32 Å². The maximum absolute atomic E-state index is 12.0. The normalized spacial score (nSPS) is 10.0. The highest BCUT2D eigenvalue weighted by Crippen LogP contribution is 2.17. The van der Waals surface area contributed by atoms with Crippen molar-refractivity contribution < 1.29 is 4.79 Å². The number of hydrogen-bond donors (Lipinski definition) is 1. The molecular weight excluding hydrogens is 278 g/mol. The lowest BCUT2D eigenvalue weighted by Gasteiger charge is -2.07. The number of carbonyl (C=O) groups excluding carboxylic acids is 1. The summed E-state index contributed by atoms with van der Waals surface area (Å²) >= 11 is 3.38. The summed E-state index contributed by atoms with van der Waals surface area (Å²) in [6.45, 7) is 1.92. The minimum Gasteiger partial charge on any atom is -0.322 e. The van der Waals surface area contributed by atoms with Crippen LogP contribution >= 0.6 is 15.9 Å². The number of benzene rings is 2. The quantitative estimate of drug-likeness (QED) is 0.889. The van der Waals surface area contributed by atoms with E-state index in [1.54, 1.807) is 0 Å². The first-order chi connectivity index (χ1) is 8.16. The maximum Gasteiger partial charge on any atom is 0.255 e. The molecule has 3 heteroatoms. The van der Waals surface area contributed by atoms with Crippen molar-refractivity contribution in [2.45, 2.75) is 6.92 Å². The number of aryl methyl sites for hydroxylation is 1. The molecule has 86 valence electrons. The van der Waals surface area contributed by atoms with Crippen LogP contribution in [0.3, 0.4) is 0 Å². The molecule has 0 aliphatic heterocycles. The van der Waals surface area contributed by atoms with Gasteiger partial charge in [0.05, 0.1) is 0 Å². The Hall–Kier alpha value is -1.61. The number of carbonyl (C=O) groups is 1. The smallest absolute Gasteiger partial charge is 0.255 e. The summed E-state index contributed by atoms with van der Waals surface area (Å²) in [5, 5.41) is 2.86. The highest BCUT2D eigenvalue weighted by Gasteiger charge is 2.08. The van der Waals surface area contributed by atoms with Gasteiger partial charge in [-0.2, -0.15) is 0 Å². The largest absolute Gasteiger partial charge is 0.322 e. The highest BCUT2D eigenvalue weighted by molar-refractivity contribution is 9.10. The third kappa shape index (κ3) is 2.94. The third-order valence-electron chi connectivity index (χ3n) is 2.46. The van der Waals surface area contributed by atoms with Crippen molar-refractivity contribution in [1.29, 1.82) is 0 Å². The van der Waals surface area contributed by atoms with E-state index in [9.17, 15) is 4.79 Å². The maximum atomic E-state index is 12.0. The lowest BCUT2D eigenvalue weighted by molar-refractivity contribution is 0.102. The third-order valence-corrected chi connectivity index (χ3v) is 2.96. The molecule has 0 unspecified atom stereocenters. The Balaban J connectivity index is 2.21. The van der Waals surface area contributed by atoms with Gasteiger partial charge in [-0.05, 0) is 42.8 Å². The summed E-state index contributed by atoms with van der Waals surface area (Å²) in [5.41, 5.74) is 2.45. The van der Waals surface area contributed by atoms with Gasteiger partial charge in [0.15, 0.2) is 0 Å². The number of nitrogens with one attached hydrogen (secondary N) is 1. The standard InChI is InChI=1S/C14H12BrNO/c1-10-9-11(15)7-8-13(10)14(17)16-12-5-3-2-4-6-12/h2-9H,1H3,(H,16,17). The van der Waals surface area contributed by atoms with Crippen molar-refractivity contribution in [3.05, 3.63) is 64.1 Å². The van der Waals surface area contributed by atoms with Gasteiger partial charge in [0.2, 0.25) is 0 Å². The molecule has 0 aliphatic carbocycles. The Bertz CT molecular complexity index is 537. The zero-order chi connectivity index (χ0) is 12.3. The Morgan fingerprint density at radius 2 is 1.82 bits per heavy atom. The van der Waals surface area contributed by atoms with Crippen molar-refractivity contribution in [2.24, 2.45) is 0 Å². The molecule has 2 aromatic carbocycles. The van der Waals surface area contributed by atoms with E-state index >= 15 is 0 Å². The van der Waals surface area contributed by atoms with Crippen molar-refractivity contribution >= 4 is 27.5 Å². The average Bonchev–Trinajstić information content (AvgIpc) is 2.30. The van der Waals surface area contributed by atoms with E-state index in [-0.39, 0.29) is 5.91 Å². The number of amides is 1. The van der Waals surface area contributed by atoms with Gasteiger partial charge in [-0.1, -0.05) is 34.1 Å². The van der Waals surface area contributed by atoms with Gasteiger partial charge in [0.25, 0.3) is 5.91 Å². The van der Waals surface area contributed by atoms with E-state index < -0.39 is 0 Å². The molecule has 0 radical (unpaired) electrons. The van der Waals surface area contributed by atoms with Crippen LogP contribution in [0.5, 0.6) is 0 Å². The summed E-state index contributed by atoms with van der Waals surface area (Å²) in [6, 6.07) is 15.1. The Morgan fingerprint density at radius 3 is 2.47 bits per heavy atom. The minimum atomic E-state index is -0.0822. The Kier molecular flexibility index (Phi) is 3.59. The monoisotopic (exact) mass is 289 g/mol. The first-order valence-corrected chi connectivity index (χ1v) is 6.08. The van der Waals surface area contributed by atoms with Gasteiger partial charge < -0.3 is 5.32 Å². The van der Waals surface area contributed by atoms with E-state index in [1.165, 1.54) is 0 Å². The molecule has 0 bridgehead atoms. The van der Waals surface area contributed by atoms with Gasteiger partial charge in [0, 0.05) is 15.7 Å². The molecule has 0 aliphatic rings. The van der Waals surface area contributed by atoms with Crippen molar-refractivity contribution in [3.63, 3.8) is 0 Å². The molecule has 0 heterocycles. The van der Waals surface area contributed by atoms with E-state index in [1.807, 2.05) is 55.5 Å². The van der Waals surface area contributed by atoms with Crippen LogP contribution in [0.2, 0.25) is 0 Å². The minimum absolute atomic E-state index is 0.0822. The molecule has 2 aromatic rings. The van der Waals surface area contributed by atoms with Crippen LogP contribution in [-0.2, 0) is 0 Å². The summed E-state index contributed by atoms with van der Waals surface area (Å²) in [7, 11) is 0. The highest BCUT2D eigenvalue weighted by atomic mass is 79.9. The SMILES string of the molecule is Cc1cc(Br)ccc1C(=O)Nc1ccccc1. The predicted molar refractivity (Wildman–Crippen MR) is 73.3 cm³/mol. The van der Waals surface area contributed by atoms with E-state index in [0.717, 1.165) is 15.7 Å². The van der Waals surface area contributed by atoms with Crippen LogP contribution in [0.1, 0.15) is 15.9 Å². The Labute approximate surface area is 109 Å². The van der Waals surface area contributed by atoms with Crippen LogP contribution in [0.25, 0.3) is 0 Å². The van der Waals surface area contributed by atoms with Crippen molar-refractivity contribution in [3.8, 4) is 0 Å². The second kappa shape index (κ2) is 5.15. The van der Waals surface area contributed by atoms with E-state index in [2.05, 4.69) is 21.2 Å². The summed E-state index contributed by atoms with van der Waals surface area (Å²) < 4.78 is 0.978. The van der Waals surface area contributed by atoms with Crippen molar-refractivity contribution in [1.82, 2.24) is 0 Å². The first kappa shape index (κ1) is 11.9. The van der Waals surface area contributed by atoms with Crippen LogP contribution in [-0.4, -0.2) is 5.91 Å². The second-order valence-electron chi connectivity index (χ2n) is 3.78. The van der Waals surface area contributed by atoms with Crippen molar-refractivity contribution in [2.75, 3.05) is 5.32 Å². The lowest BCUT2D eigenvalue weighted by Crippen LogP contribution is -2.13. The van der Waals surface area contributed by atoms with Gasteiger partial charge in [-0.3, -0.25) is 4.79 Å². The van der Waals surface area contributed by atoms with Crippen LogP contribution in [0.4, 0.5) is 5.69 Å².